The van der Waals surface area contributed by atoms with Crippen molar-refractivity contribution in [3.63, 3.8) is 0 Å². The molecular weight excluding hydrogens is 222 g/mol. The van der Waals surface area contributed by atoms with Crippen LogP contribution in [0.3, 0.4) is 0 Å². The predicted molar refractivity (Wildman–Crippen MR) is 78.8 cm³/mol. The molecule has 0 bridgehead atoms. The maximum absolute atomic E-state index is 5.80. The lowest BCUT2D eigenvalue weighted by atomic mass is 9.75. The van der Waals surface area contributed by atoms with Crippen LogP contribution in [0.2, 0.25) is 0 Å². The van der Waals surface area contributed by atoms with Crippen LogP contribution in [0.25, 0.3) is 0 Å². The monoisotopic (exact) mass is 255 g/mol. The molecule has 1 rings (SSSR count). The van der Waals surface area contributed by atoms with Crippen LogP contribution in [-0.4, -0.2) is 25.8 Å². The molecule has 108 valence electrons. The summed E-state index contributed by atoms with van der Waals surface area (Å²) >= 11 is 0. The molecule has 1 aliphatic rings. The van der Waals surface area contributed by atoms with Crippen molar-refractivity contribution >= 4 is 0 Å². The van der Waals surface area contributed by atoms with Gasteiger partial charge in [0.15, 0.2) is 0 Å². The number of nitrogens with one attached hydrogen (secondary N) is 1. The molecule has 2 nitrogen and oxygen atoms in total. The van der Waals surface area contributed by atoms with E-state index in [0.717, 1.165) is 18.4 Å². The van der Waals surface area contributed by atoms with E-state index in [2.05, 4.69) is 33.0 Å². The lowest BCUT2D eigenvalue weighted by Gasteiger charge is -2.39. The van der Waals surface area contributed by atoms with Gasteiger partial charge in [-0.1, -0.05) is 40.5 Å². The fraction of sp³-hybridized carbons (Fsp3) is 1.00. The molecule has 0 aromatic rings. The standard InChI is InChI=1S/C16H33NO/c1-6-10-17-15(16(18-5)12(2)3)14-9-7-8-13(4)11-14/h12-17H,6-11H2,1-5H3. The van der Waals surface area contributed by atoms with Crippen molar-refractivity contribution < 1.29 is 4.74 Å². The van der Waals surface area contributed by atoms with Gasteiger partial charge in [0.1, 0.15) is 0 Å². The largest absolute Gasteiger partial charge is 0.380 e. The van der Waals surface area contributed by atoms with E-state index < -0.39 is 0 Å². The van der Waals surface area contributed by atoms with Gasteiger partial charge in [0.2, 0.25) is 0 Å². The number of rotatable bonds is 7. The molecule has 2 heteroatoms. The predicted octanol–water partition coefficient (Wildman–Crippen LogP) is 3.85. The van der Waals surface area contributed by atoms with Gasteiger partial charge in [-0.15, -0.1) is 0 Å². The Labute approximate surface area is 114 Å². The molecule has 0 aliphatic heterocycles. The van der Waals surface area contributed by atoms with Gasteiger partial charge >= 0.3 is 0 Å². The third-order valence-electron chi connectivity index (χ3n) is 4.40. The first kappa shape index (κ1) is 16.0. The summed E-state index contributed by atoms with van der Waals surface area (Å²) in [7, 11) is 1.87. The van der Waals surface area contributed by atoms with E-state index >= 15 is 0 Å². The maximum atomic E-state index is 5.80. The lowest BCUT2D eigenvalue weighted by Crippen LogP contribution is -2.50. The van der Waals surface area contributed by atoms with Gasteiger partial charge in [-0.05, 0) is 43.6 Å². The van der Waals surface area contributed by atoms with E-state index in [1.165, 1.54) is 32.1 Å². The summed E-state index contributed by atoms with van der Waals surface area (Å²) in [6.07, 6.45) is 7.10. The zero-order valence-electron chi connectivity index (χ0n) is 13.0. The van der Waals surface area contributed by atoms with E-state index in [4.69, 9.17) is 4.74 Å². The fourth-order valence-electron chi connectivity index (χ4n) is 3.50. The van der Waals surface area contributed by atoms with Crippen molar-refractivity contribution in [2.45, 2.75) is 71.9 Å². The number of ether oxygens (including phenoxy) is 1. The molecule has 0 aromatic heterocycles. The van der Waals surface area contributed by atoms with Gasteiger partial charge in [-0.25, -0.2) is 0 Å². The highest BCUT2D eigenvalue weighted by atomic mass is 16.5. The Morgan fingerprint density at radius 3 is 2.50 bits per heavy atom. The van der Waals surface area contributed by atoms with Crippen molar-refractivity contribution in [2.24, 2.45) is 17.8 Å². The highest BCUT2D eigenvalue weighted by molar-refractivity contribution is 4.88. The second-order valence-electron chi connectivity index (χ2n) is 6.46. The molecule has 0 aromatic carbocycles. The number of hydrogen-bond donors (Lipinski definition) is 1. The molecule has 0 saturated heterocycles. The summed E-state index contributed by atoms with van der Waals surface area (Å²) in [5.74, 6) is 2.27. The Balaban J connectivity index is 2.68. The van der Waals surface area contributed by atoms with Gasteiger partial charge in [0.05, 0.1) is 6.10 Å². The molecule has 0 heterocycles. The quantitative estimate of drug-likeness (QED) is 0.746. The summed E-state index contributed by atoms with van der Waals surface area (Å²) in [6, 6.07) is 0.540. The average molecular weight is 255 g/mol. The normalized spacial score (nSPS) is 28.3. The van der Waals surface area contributed by atoms with Crippen LogP contribution in [0, 0.1) is 17.8 Å². The van der Waals surface area contributed by atoms with Crippen LogP contribution in [0.5, 0.6) is 0 Å². The van der Waals surface area contributed by atoms with Gasteiger partial charge in [0.25, 0.3) is 0 Å². The third kappa shape index (κ3) is 4.55. The van der Waals surface area contributed by atoms with E-state index in [9.17, 15) is 0 Å². The molecule has 18 heavy (non-hydrogen) atoms. The van der Waals surface area contributed by atoms with Crippen molar-refractivity contribution in [1.82, 2.24) is 5.32 Å². The molecule has 0 radical (unpaired) electrons. The van der Waals surface area contributed by atoms with E-state index in [-0.39, 0.29) is 0 Å². The first-order valence-corrected chi connectivity index (χ1v) is 7.86. The molecule has 1 N–H and O–H groups in total. The van der Waals surface area contributed by atoms with Gasteiger partial charge in [-0.3, -0.25) is 0 Å². The van der Waals surface area contributed by atoms with Crippen LogP contribution in [0.15, 0.2) is 0 Å². The first-order valence-electron chi connectivity index (χ1n) is 7.86. The fourth-order valence-corrected chi connectivity index (χ4v) is 3.50. The van der Waals surface area contributed by atoms with Crippen molar-refractivity contribution in [1.29, 1.82) is 0 Å². The molecule has 4 unspecified atom stereocenters. The Hall–Kier alpha value is -0.0800. The topological polar surface area (TPSA) is 21.3 Å². The van der Waals surface area contributed by atoms with E-state index in [1.54, 1.807) is 0 Å². The Morgan fingerprint density at radius 2 is 2.00 bits per heavy atom. The summed E-state index contributed by atoms with van der Waals surface area (Å²) in [5, 5.41) is 3.77. The van der Waals surface area contributed by atoms with E-state index in [1.807, 2.05) is 7.11 Å². The van der Waals surface area contributed by atoms with Crippen LogP contribution in [0.4, 0.5) is 0 Å². The minimum absolute atomic E-state index is 0.354. The summed E-state index contributed by atoms with van der Waals surface area (Å²) in [6.45, 7) is 10.3. The zero-order valence-corrected chi connectivity index (χ0v) is 13.0. The number of methoxy groups -OCH3 is 1. The van der Waals surface area contributed by atoms with Gasteiger partial charge in [0, 0.05) is 13.2 Å². The molecule has 1 fully saturated rings. The minimum atomic E-state index is 0.354. The van der Waals surface area contributed by atoms with Crippen LogP contribution in [0.1, 0.15) is 59.8 Å². The highest BCUT2D eigenvalue weighted by Gasteiger charge is 2.33. The molecule has 1 saturated carbocycles. The van der Waals surface area contributed by atoms with Gasteiger partial charge < -0.3 is 10.1 Å². The summed E-state index contributed by atoms with van der Waals surface area (Å²) < 4.78 is 5.80. The molecule has 0 spiro atoms. The summed E-state index contributed by atoms with van der Waals surface area (Å²) in [4.78, 5) is 0. The second kappa shape index (κ2) is 8.16. The Morgan fingerprint density at radius 1 is 1.28 bits per heavy atom. The van der Waals surface area contributed by atoms with E-state index in [0.29, 0.717) is 18.1 Å². The summed E-state index contributed by atoms with van der Waals surface area (Å²) in [5.41, 5.74) is 0. The van der Waals surface area contributed by atoms with Crippen molar-refractivity contribution in [3.05, 3.63) is 0 Å². The zero-order chi connectivity index (χ0) is 13.5. The molecular formula is C16H33NO. The first-order chi connectivity index (χ1) is 8.60. The molecule has 0 amide bonds. The average Bonchev–Trinajstić information content (AvgIpc) is 2.33. The van der Waals surface area contributed by atoms with Gasteiger partial charge in [-0.2, -0.15) is 0 Å². The maximum Gasteiger partial charge on any atom is 0.0749 e. The Kier molecular flexibility index (Phi) is 7.25. The van der Waals surface area contributed by atoms with Crippen LogP contribution >= 0.6 is 0 Å². The second-order valence-corrected chi connectivity index (χ2v) is 6.46. The molecule has 4 atom stereocenters. The van der Waals surface area contributed by atoms with Crippen LogP contribution < -0.4 is 5.32 Å². The number of hydrogen-bond acceptors (Lipinski definition) is 2. The Bertz CT molecular complexity index is 217. The highest BCUT2D eigenvalue weighted by Crippen LogP contribution is 2.33. The molecule has 1 aliphatic carbocycles. The minimum Gasteiger partial charge on any atom is -0.380 e. The SMILES string of the molecule is CCCNC(C1CCCC(C)C1)C(OC)C(C)C. The van der Waals surface area contributed by atoms with Crippen LogP contribution in [-0.2, 0) is 4.74 Å². The third-order valence-corrected chi connectivity index (χ3v) is 4.40. The van der Waals surface area contributed by atoms with Crippen molar-refractivity contribution in [2.75, 3.05) is 13.7 Å². The smallest absolute Gasteiger partial charge is 0.0749 e. The lowest BCUT2D eigenvalue weighted by molar-refractivity contribution is 0.00495. The van der Waals surface area contributed by atoms with Crippen molar-refractivity contribution in [3.8, 4) is 0 Å².